The van der Waals surface area contributed by atoms with Gasteiger partial charge in [0, 0.05) is 4.90 Å². The number of carboxylic acids is 1. The van der Waals surface area contributed by atoms with Crippen LogP contribution in [0.1, 0.15) is 10.4 Å². The van der Waals surface area contributed by atoms with Gasteiger partial charge >= 0.3 is 5.97 Å². The summed E-state index contributed by atoms with van der Waals surface area (Å²) in [6.07, 6.45) is 0.232. The van der Waals surface area contributed by atoms with Crippen molar-refractivity contribution in [3.63, 3.8) is 0 Å². The zero-order valence-corrected chi connectivity index (χ0v) is 11.1. The summed E-state index contributed by atoms with van der Waals surface area (Å²) in [5.74, 6) is -1.91. The van der Waals surface area contributed by atoms with Crippen LogP contribution in [0.3, 0.4) is 0 Å². The van der Waals surface area contributed by atoms with Gasteiger partial charge in [0.1, 0.15) is 0 Å². The molecule has 0 bridgehead atoms. The van der Waals surface area contributed by atoms with E-state index in [9.17, 15) is 9.59 Å². The number of aliphatic hydroxyl groups is 1. The van der Waals surface area contributed by atoms with E-state index in [1.165, 1.54) is 11.8 Å². The van der Waals surface area contributed by atoms with E-state index in [0.29, 0.717) is 0 Å². The van der Waals surface area contributed by atoms with Crippen LogP contribution in [0.2, 0.25) is 5.02 Å². The SMILES string of the molecule is CSc1ccc(Cl)c(C(=O)NC[C@H](O)C(=O)O)c1. The first-order valence-electron chi connectivity index (χ1n) is 4.98. The minimum absolute atomic E-state index is 0.251. The first kappa shape index (κ1) is 14.8. The number of amides is 1. The quantitative estimate of drug-likeness (QED) is 0.710. The van der Waals surface area contributed by atoms with E-state index in [0.717, 1.165) is 4.90 Å². The number of hydrogen-bond acceptors (Lipinski definition) is 4. The molecule has 98 valence electrons. The smallest absolute Gasteiger partial charge is 0.334 e. The van der Waals surface area contributed by atoms with Crippen molar-refractivity contribution in [2.45, 2.75) is 11.0 Å². The molecular formula is C11H12ClNO4S. The fourth-order valence-corrected chi connectivity index (χ4v) is 1.82. The molecule has 3 N–H and O–H groups in total. The predicted molar refractivity (Wildman–Crippen MR) is 69.2 cm³/mol. The summed E-state index contributed by atoms with van der Waals surface area (Å²) in [6, 6.07) is 4.97. The van der Waals surface area contributed by atoms with E-state index in [4.69, 9.17) is 21.8 Å². The number of hydrogen-bond donors (Lipinski definition) is 3. The maximum Gasteiger partial charge on any atom is 0.334 e. The fraction of sp³-hybridized carbons (Fsp3) is 0.273. The average molecular weight is 290 g/mol. The number of carboxylic acid groups (broad SMARTS) is 1. The molecule has 1 amide bonds. The van der Waals surface area contributed by atoms with Crippen LogP contribution in [0.25, 0.3) is 0 Å². The Morgan fingerprint density at radius 2 is 2.17 bits per heavy atom. The van der Waals surface area contributed by atoms with Crippen molar-refractivity contribution < 1.29 is 19.8 Å². The Kier molecular flexibility index (Phi) is 5.46. The van der Waals surface area contributed by atoms with Crippen molar-refractivity contribution >= 4 is 35.2 Å². The van der Waals surface area contributed by atoms with Crippen LogP contribution in [0.15, 0.2) is 23.1 Å². The van der Waals surface area contributed by atoms with Gasteiger partial charge in [0.2, 0.25) is 0 Å². The molecule has 1 atom stereocenters. The van der Waals surface area contributed by atoms with Gasteiger partial charge in [-0.15, -0.1) is 11.8 Å². The molecule has 1 aromatic rings. The molecule has 0 spiro atoms. The van der Waals surface area contributed by atoms with Crippen molar-refractivity contribution in [1.82, 2.24) is 5.32 Å². The van der Waals surface area contributed by atoms with E-state index >= 15 is 0 Å². The van der Waals surface area contributed by atoms with Crippen molar-refractivity contribution in [1.29, 1.82) is 0 Å². The lowest BCUT2D eigenvalue weighted by atomic mass is 10.2. The Bertz CT molecular complexity index is 466. The lowest BCUT2D eigenvalue weighted by Crippen LogP contribution is -2.36. The zero-order chi connectivity index (χ0) is 13.7. The van der Waals surface area contributed by atoms with Gasteiger partial charge in [-0.1, -0.05) is 11.6 Å². The summed E-state index contributed by atoms with van der Waals surface area (Å²) in [4.78, 5) is 23.0. The second kappa shape index (κ2) is 6.63. The third-order valence-corrected chi connectivity index (χ3v) is 3.21. The van der Waals surface area contributed by atoms with Gasteiger partial charge in [0.25, 0.3) is 5.91 Å². The number of carbonyl (C=O) groups is 2. The molecular weight excluding hydrogens is 278 g/mol. The number of aliphatic hydroxyl groups excluding tert-OH is 1. The molecule has 1 rings (SSSR count). The molecule has 0 saturated carbocycles. The topological polar surface area (TPSA) is 86.6 Å². The number of halogens is 1. The van der Waals surface area contributed by atoms with Gasteiger partial charge in [-0.25, -0.2) is 4.79 Å². The van der Waals surface area contributed by atoms with Gasteiger partial charge in [0.15, 0.2) is 6.10 Å². The molecule has 0 saturated heterocycles. The van der Waals surface area contributed by atoms with Gasteiger partial charge in [-0.3, -0.25) is 4.79 Å². The van der Waals surface area contributed by atoms with Crippen LogP contribution >= 0.6 is 23.4 Å². The molecule has 7 heteroatoms. The largest absolute Gasteiger partial charge is 0.479 e. The number of aliphatic carboxylic acids is 1. The van der Waals surface area contributed by atoms with Crippen LogP contribution < -0.4 is 5.32 Å². The van der Waals surface area contributed by atoms with E-state index < -0.39 is 18.0 Å². The van der Waals surface area contributed by atoms with Crippen LogP contribution in [-0.4, -0.2) is 41.0 Å². The molecule has 1 aromatic carbocycles. The number of carbonyl (C=O) groups excluding carboxylic acids is 1. The van der Waals surface area contributed by atoms with Gasteiger partial charge in [0.05, 0.1) is 17.1 Å². The summed E-state index contributed by atoms with van der Waals surface area (Å²) in [6.45, 7) is -0.367. The van der Waals surface area contributed by atoms with Crippen molar-refractivity contribution in [3.8, 4) is 0 Å². The van der Waals surface area contributed by atoms with Crippen LogP contribution in [-0.2, 0) is 4.79 Å². The number of rotatable bonds is 5. The highest BCUT2D eigenvalue weighted by molar-refractivity contribution is 7.98. The van der Waals surface area contributed by atoms with Gasteiger partial charge in [-0.2, -0.15) is 0 Å². The average Bonchev–Trinajstić information content (AvgIpc) is 2.35. The first-order valence-corrected chi connectivity index (χ1v) is 6.58. The van der Waals surface area contributed by atoms with Crippen LogP contribution in [0.4, 0.5) is 0 Å². The maximum atomic E-state index is 11.8. The summed E-state index contributed by atoms with van der Waals surface area (Å²) in [7, 11) is 0. The normalized spacial score (nSPS) is 11.9. The van der Waals surface area contributed by atoms with Gasteiger partial charge < -0.3 is 15.5 Å². The monoisotopic (exact) mass is 289 g/mol. The Morgan fingerprint density at radius 3 is 2.72 bits per heavy atom. The second-order valence-corrected chi connectivity index (χ2v) is 4.70. The lowest BCUT2D eigenvalue weighted by molar-refractivity contribution is -0.146. The van der Waals surface area contributed by atoms with Crippen LogP contribution in [0.5, 0.6) is 0 Å². The molecule has 0 aliphatic rings. The summed E-state index contributed by atoms with van der Waals surface area (Å²) in [5, 5.41) is 20.1. The molecule has 0 aliphatic heterocycles. The summed E-state index contributed by atoms with van der Waals surface area (Å²) < 4.78 is 0. The number of benzene rings is 1. The Morgan fingerprint density at radius 1 is 1.50 bits per heavy atom. The van der Waals surface area contributed by atoms with Crippen LogP contribution in [0, 0.1) is 0 Å². The maximum absolute atomic E-state index is 11.8. The summed E-state index contributed by atoms with van der Waals surface area (Å²) in [5.41, 5.74) is 0.251. The van der Waals surface area contributed by atoms with Crippen molar-refractivity contribution in [2.75, 3.05) is 12.8 Å². The molecule has 0 aromatic heterocycles. The minimum atomic E-state index is -1.63. The highest BCUT2D eigenvalue weighted by Gasteiger charge is 2.16. The lowest BCUT2D eigenvalue weighted by Gasteiger charge is -2.09. The fourth-order valence-electron chi connectivity index (χ4n) is 1.18. The number of nitrogens with one attached hydrogen (secondary N) is 1. The van der Waals surface area contributed by atoms with Crippen molar-refractivity contribution in [2.24, 2.45) is 0 Å². The highest BCUT2D eigenvalue weighted by atomic mass is 35.5. The van der Waals surface area contributed by atoms with Crippen molar-refractivity contribution in [3.05, 3.63) is 28.8 Å². The Labute approximate surface area is 113 Å². The zero-order valence-electron chi connectivity index (χ0n) is 9.51. The summed E-state index contributed by atoms with van der Waals surface area (Å²) >= 11 is 7.33. The highest BCUT2D eigenvalue weighted by Crippen LogP contribution is 2.22. The Hall–Kier alpha value is -1.24. The second-order valence-electron chi connectivity index (χ2n) is 3.41. The molecule has 0 radical (unpaired) electrons. The Balaban J connectivity index is 2.75. The molecule has 0 heterocycles. The molecule has 5 nitrogen and oxygen atoms in total. The molecule has 0 unspecified atom stereocenters. The third-order valence-electron chi connectivity index (χ3n) is 2.16. The van der Waals surface area contributed by atoms with Gasteiger partial charge in [-0.05, 0) is 24.5 Å². The van der Waals surface area contributed by atoms with E-state index in [-0.39, 0.29) is 17.1 Å². The molecule has 18 heavy (non-hydrogen) atoms. The minimum Gasteiger partial charge on any atom is -0.479 e. The van der Waals surface area contributed by atoms with E-state index in [1.54, 1.807) is 18.2 Å². The van der Waals surface area contributed by atoms with E-state index in [1.807, 2.05) is 6.26 Å². The number of thioether (sulfide) groups is 1. The third kappa shape index (κ3) is 3.90. The predicted octanol–water partition coefficient (Wildman–Crippen LogP) is 1.24. The first-order chi connectivity index (χ1) is 8.45. The molecule has 0 aliphatic carbocycles. The standard InChI is InChI=1S/C11H12ClNO4S/c1-18-6-2-3-8(12)7(4-6)10(15)13-5-9(14)11(16)17/h2-4,9,14H,5H2,1H3,(H,13,15)(H,16,17)/t9-/m0/s1. The molecule has 0 fully saturated rings. The van der Waals surface area contributed by atoms with E-state index in [2.05, 4.69) is 5.32 Å².